The number of hydrogen-bond donors (Lipinski definition) is 2. The zero-order valence-corrected chi connectivity index (χ0v) is 14.4. The number of anilines is 1. The van der Waals surface area contributed by atoms with Crippen molar-refractivity contribution in [3.8, 4) is 0 Å². The van der Waals surface area contributed by atoms with Gasteiger partial charge in [-0.1, -0.05) is 57.6 Å². The van der Waals surface area contributed by atoms with Crippen LogP contribution in [0, 0.1) is 0 Å². The van der Waals surface area contributed by atoms with Crippen molar-refractivity contribution in [1.29, 1.82) is 0 Å². The second kappa shape index (κ2) is 7.34. The van der Waals surface area contributed by atoms with E-state index in [1.165, 1.54) is 11.3 Å². The zero-order valence-electron chi connectivity index (χ0n) is 12.0. The topological polar surface area (TPSA) is 66.4 Å². The Morgan fingerprint density at radius 2 is 2.00 bits per heavy atom. The minimum atomic E-state index is -0.187. The van der Waals surface area contributed by atoms with Gasteiger partial charge in [0.25, 0.3) is 0 Å². The van der Waals surface area contributed by atoms with Crippen LogP contribution in [0.1, 0.15) is 5.56 Å². The maximum Gasteiger partial charge on any atom is 0.247 e. The van der Waals surface area contributed by atoms with Crippen LogP contribution in [0.15, 0.2) is 58.1 Å². The fraction of sp³-hybridized carbons (Fsp3) is 0.0625. The molecule has 0 aliphatic heterocycles. The van der Waals surface area contributed by atoms with E-state index >= 15 is 0 Å². The van der Waals surface area contributed by atoms with Gasteiger partial charge in [0.1, 0.15) is 6.54 Å². The highest BCUT2D eigenvalue weighted by atomic mass is 79.9. The molecule has 0 spiro atoms. The molecule has 1 heterocycles. The van der Waals surface area contributed by atoms with E-state index in [-0.39, 0.29) is 12.5 Å². The number of nitrogens with zero attached hydrogens (tertiary/aromatic N) is 2. The van der Waals surface area contributed by atoms with Crippen molar-refractivity contribution >= 4 is 54.7 Å². The van der Waals surface area contributed by atoms with E-state index in [9.17, 15) is 4.79 Å². The number of halogens is 1. The van der Waals surface area contributed by atoms with Crippen molar-refractivity contribution in [3.05, 3.63) is 58.6 Å². The molecule has 0 aliphatic rings. The van der Waals surface area contributed by atoms with Crippen molar-refractivity contribution in [2.45, 2.75) is 0 Å². The molecule has 3 aromatic rings. The van der Waals surface area contributed by atoms with Gasteiger partial charge in [0.15, 0.2) is 5.13 Å². The smallest absolute Gasteiger partial charge is 0.247 e. The third kappa shape index (κ3) is 4.14. The van der Waals surface area contributed by atoms with Gasteiger partial charge in [-0.2, -0.15) is 5.10 Å². The fourth-order valence-corrected chi connectivity index (χ4v) is 3.17. The number of thiazole rings is 1. The van der Waals surface area contributed by atoms with Gasteiger partial charge >= 0.3 is 0 Å². The van der Waals surface area contributed by atoms with Crippen LogP contribution in [0.2, 0.25) is 0 Å². The molecule has 0 radical (unpaired) electrons. The van der Waals surface area contributed by atoms with Crippen LogP contribution in [-0.2, 0) is 4.79 Å². The lowest BCUT2D eigenvalue weighted by Crippen LogP contribution is -2.24. The van der Waals surface area contributed by atoms with E-state index in [4.69, 9.17) is 0 Å². The number of rotatable bonds is 5. The Bertz CT molecular complexity index is 829. The Labute approximate surface area is 145 Å². The maximum atomic E-state index is 11.9. The summed E-state index contributed by atoms with van der Waals surface area (Å²) in [6, 6.07) is 15.5. The quantitative estimate of drug-likeness (QED) is 0.518. The average Bonchev–Trinajstić information content (AvgIpc) is 2.95. The lowest BCUT2D eigenvalue weighted by Gasteiger charge is -2.01. The van der Waals surface area contributed by atoms with Crippen molar-refractivity contribution in [1.82, 2.24) is 10.4 Å². The molecule has 1 aromatic heterocycles. The molecule has 116 valence electrons. The molecule has 2 aromatic carbocycles. The lowest BCUT2D eigenvalue weighted by atomic mass is 10.2. The number of carbonyl (C=O) groups excluding carboxylic acids is 1. The second-order valence-corrected chi connectivity index (χ2v) is 6.53. The van der Waals surface area contributed by atoms with Crippen LogP contribution in [0.3, 0.4) is 0 Å². The Morgan fingerprint density at radius 1 is 1.22 bits per heavy atom. The SMILES string of the molecule is O=C(CN/N=C/c1ccccc1Br)Nc1nc2ccccc2s1. The zero-order chi connectivity index (χ0) is 16.1. The molecule has 2 N–H and O–H groups in total. The number of benzene rings is 2. The normalized spacial score (nSPS) is 11.0. The maximum absolute atomic E-state index is 11.9. The molecule has 0 bridgehead atoms. The van der Waals surface area contributed by atoms with E-state index in [1.807, 2.05) is 48.5 Å². The number of hydrogen-bond acceptors (Lipinski definition) is 5. The summed E-state index contributed by atoms with van der Waals surface area (Å²) >= 11 is 4.88. The van der Waals surface area contributed by atoms with Crippen molar-refractivity contribution in [2.75, 3.05) is 11.9 Å². The van der Waals surface area contributed by atoms with Crippen molar-refractivity contribution < 1.29 is 4.79 Å². The highest BCUT2D eigenvalue weighted by molar-refractivity contribution is 9.10. The third-order valence-corrected chi connectivity index (χ3v) is 4.65. The number of fused-ring (bicyclic) bond motifs is 1. The monoisotopic (exact) mass is 388 g/mol. The van der Waals surface area contributed by atoms with Crippen molar-refractivity contribution in [2.24, 2.45) is 5.10 Å². The van der Waals surface area contributed by atoms with Crippen LogP contribution < -0.4 is 10.7 Å². The molecule has 1 amide bonds. The van der Waals surface area contributed by atoms with Crippen LogP contribution in [0.25, 0.3) is 10.2 Å². The summed E-state index contributed by atoms with van der Waals surface area (Å²) in [5, 5.41) is 7.40. The van der Waals surface area contributed by atoms with Gasteiger partial charge in [-0.3, -0.25) is 4.79 Å². The molecular formula is C16H13BrN4OS. The van der Waals surface area contributed by atoms with Crippen LogP contribution in [-0.4, -0.2) is 23.7 Å². The van der Waals surface area contributed by atoms with E-state index < -0.39 is 0 Å². The van der Waals surface area contributed by atoms with E-state index in [1.54, 1.807) is 6.21 Å². The predicted octanol–water partition coefficient (Wildman–Crippen LogP) is 3.62. The number of hydrazone groups is 1. The van der Waals surface area contributed by atoms with Crippen LogP contribution >= 0.6 is 27.3 Å². The molecule has 5 nitrogen and oxygen atoms in total. The number of carbonyl (C=O) groups is 1. The molecule has 0 unspecified atom stereocenters. The second-order valence-electron chi connectivity index (χ2n) is 4.65. The first kappa shape index (κ1) is 15.6. The Kier molecular flexibility index (Phi) is 4.99. The summed E-state index contributed by atoms with van der Waals surface area (Å²) in [6.45, 7) is 0.0802. The number of aromatic nitrogens is 1. The fourth-order valence-electron chi connectivity index (χ4n) is 1.90. The number of nitrogens with one attached hydrogen (secondary N) is 2. The first-order chi connectivity index (χ1) is 11.2. The largest absolute Gasteiger partial charge is 0.301 e. The number of para-hydroxylation sites is 1. The summed E-state index contributed by atoms with van der Waals surface area (Å²) in [5.74, 6) is -0.187. The van der Waals surface area contributed by atoms with Crippen molar-refractivity contribution in [3.63, 3.8) is 0 Å². The van der Waals surface area contributed by atoms with E-state index in [0.717, 1.165) is 20.3 Å². The van der Waals surface area contributed by atoms with Gasteiger partial charge in [0, 0.05) is 10.0 Å². The summed E-state index contributed by atoms with van der Waals surface area (Å²) in [6.07, 6.45) is 1.66. The Hall–Kier alpha value is -2.25. The van der Waals surface area contributed by atoms with Crippen LogP contribution in [0.4, 0.5) is 5.13 Å². The third-order valence-electron chi connectivity index (χ3n) is 2.98. The van der Waals surface area contributed by atoms with Gasteiger partial charge in [0.2, 0.25) is 5.91 Å². The molecular weight excluding hydrogens is 376 g/mol. The minimum Gasteiger partial charge on any atom is -0.301 e. The summed E-state index contributed by atoms with van der Waals surface area (Å²) in [5.41, 5.74) is 4.55. The lowest BCUT2D eigenvalue weighted by molar-refractivity contribution is -0.115. The van der Waals surface area contributed by atoms with E-state index in [0.29, 0.717) is 5.13 Å². The summed E-state index contributed by atoms with van der Waals surface area (Å²) in [4.78, 5) is 16.2. The van der Waals surface area contributed by atoms with E-state index in [2.05, 4.69) is 36.8 Å². The van der Waals surface area contributed by atoms with Gasteiger partial charge in [-0.25, -0.2) is 4.98 Å². The van der Waals surface area contributed by atoms with Crippen LogP contribution in [0.5, 0.6) is 0 Å². The average molecular weight is 389 g/mol. The van der Waals surface area contributed by atoms with Gasteiger partial charge < -0.3 is 10.7 Å². The molecule has 0 aliphatic carbocycles. The highest BCUT2D eigenvalue weighted by Gasteiger charge is 2.06. The summed E-state index contributed by atoms with van der Waals surface area (Å²) < 4.78 is 1.99. The minimum absolute atomic E-state index is 0.0802. The Morgan fingerprint density at radius 3 is 2.83 bits per heavy atom. The highest BCUT2D eigenvalue weighted by Crippen LogP contribution is 2.25. The van der Waals surface area contributed by atoms with Gasteiger partial charge in [-0.15, -0.1) is 0 Å². The molecule has 0 fully saturated rings. The standard InChI is InChI=1S/C16H13BrN4OS/c17-12-6-2-1-5-11(12)9-18-19-10-15(22)21-16-20-13-7-3-4-8-14(13)23-16/h1-9,19H,10H2,(H,20,21,22)/b18-9+. The molecule has 0 saturated heterocycles. The Balaban J connectivity index is 1.52. The number of amides is 1. The predicted molar refractivity (Wildman–Crippen MR) is 98.0 cm³/mol. The molecule has 3 rings (SSSR count). The van der Waals surface area contributed by atoms with Gasteiger partial charge in [-0.05, 0) is 18.2 Å². The first-order valence-corrected chi connectivity index (χ1v) is 8.49. The first-order valence-electron chi connectivity index (χ1n) is 6.88. The summed E-state index contributed by atoms with van der Waals surface area (Å²) in [7, 11) is 0. The van der Waals surface area contributed by atoms with Gasteiger partial charge in [0.05, 0.1) is 16.4 Å². The molecule has 0 atom stereocenters. The molecule has 23 heavy (non-hydrogen) atoms. The molecule has 7 heteroatoms. The molecule has 0 saturated carbocycles.